The van der Waals surface area contributed by atoms with Crippen LogP contribution in [0.2, 0.25) is 0 Å². The third-order valence-corrected chi connectivity index (χ3v) is 1.32. The zero-order valence-corrected chi connectivity index (χ0v) is 5.85. The predicted molar refractivity (Wildman–Crippen MR) is 36.7 cm³/mol. The molecule has 2 N–H and O–H groups in total. The smallest absolute Gasteiger partial charge is 0.218 e. The molecule has 0 rings (SSSR count). The number of primary amides is 1. The van der Waals surface area contributed by atoms with Crippen LogP contribution in [-0.2, 0) is 4.79 Å². The molecule has 0 aromatic carbocycles. The van der Waals surface area contributed by atoms with Gasteiger partial charge >= 0.3 is 0 Å². The Morgan fingerprint density at radius 3 is 2.78 bits per heavy atom. The molecule has 4 nitrogen and oxygen atoms in total. The first kappa shape index (κ1) is 8.42. The van der Waals surface area contributed by atoms with Gasteiger partial charge in [0.1, 0.15) is 0 Å². The molecule has 0 saturated heterocycles. The summed E-state index contributed by atoms with van der Waals surface area (Å²) in [5.74, 6) is -0.404. The van der Waals surface area contributed by atoms with Gasteiger partial charge in [-0.3, -0.25) is 4.79 Å². The zero-order valence-electron chi connectivity index (χ0n) is 5.03. The van der Waals surface area contributed by atoms with Gasteiger partial charge in [0, 0.05) is 28.2 Å². The maximum absolute atomic E-state index is 10.1. The Labute approximate surface area is 57.3 Å². The monoisotopic (exact) mass is 148 g/mol. The van der Waals surface area contributed by atoms with Crippen molar-refractivity contribution in [3.05, 3.63) is 4.91 Å². The summed E-state index contributed by atoms with van der Waals surface area (Å²) in [6.45, 7) is 1.72. The standard InChI is InChI=1S/C4H8N2O2S/c1-3(9-6-8)2-4(5)7/h3H,2H2,1H3,(H2,5,7). The van der Waals surface area contributed by atoms with Crippen molar-refractivity contribution < 1.29 is 4.79 Å². The van der Waals surface area contributed by atoms with Crippen molar-refractivity contribution in [2.75, 3.05) is 0 Å². The normalized spacial score (nSPS) is 12.6. The summed E-state index contributed by atoms with van der Waals surface area (Å²) in [6.07, 6.45) is 0.205. The summed E-state index contributed by atoms with van der Waals surface area (Å²) < 4.78 is 2.55. The summed E-state index contributed by atoms with van der Waals surface area (Å²) in [5.41, 5.74) is 4.83. The maximum atomic E-state index is 10.1. The van der Waals surface area contributed by atoms with Gasteiger partial charge in [-0.1, -0.05) is 6.92 Å². The van der Waals surface area contributed by atoms with Crippen molar-refractivity contribution in [2.24, 2.45) is 10.3 Å². The molecule has 1 atom stereocenters. The van der Waals surface area contributed by atoms with Gasteiger partial charge in [-0.05, 0) is 0 Å². The van der Waals surface area contributed by atoms with E-state index in [-0.39, 0.29) is 11.7 Å². The molecule has 1 unspecified atom stereocenters. The number of carbonyl (C=O) groups is 1. The van der Waals surface area contributed by atoms with Crippen molar-refractivity contribution in [3.63, 3.8) is 0 Å². The van der Waals surface area contributed by atoms with Crippen molar-refractivity contribution in [2.45, 2.75) is 18.6 Å². The first-order valence-corrected chi connectivity index (χ1v) is 3.27. The van der Waals surface area contributed by atoms with Crippen LogP contribution < -0.4 is 5.73 Å². The molecule has 0 aliphatic rings. The molecule has 0 aliphatic carbocycles. The topological polar surface area (TPSA) is 72.5 Å². The molecule has 0 aromatic rings. The zero-order chi connectivity index (χ0) is 7.28. The minimum Gasteiger partial charge on any atom is -0.370 e. The highest BCUT2D eigenvalue weighted by molar-refractivity contribution is 7.98. The number of amides is 1. The van der Waals surface area contributed by atoms with Crippen LogP contribution in [0.5, 0.6) is 0 Å². The van der Waals surface area contributed by atoms with Gasteiger partial charge in [-0.2, -0.15) is 0 Å². The van der Waals surface area contributed by atoms with E-state index in [1.807, 2.05) is 0 Å². The molecule has 0 aliphatic heterocycles. The van der Waals surface area contributed by atoms with E-state index < -0.39 is 5.91 Å². The fraction of sp³-hybridized carbons (Fsp3) is 0.750. The number of nitrogens with two attached hydrogens (primary N) is 1. The van der Waals surface area contributed by atoms with E-state index in [2.05, 4.69) is 4.58 Å². The largest absolute Gasteiger partial charge is 0.370 e. The van der Waals surface area contributed by atoms with E-state index >= 15 is 0 Å². The Morgan fingerprint density at radius 2 is 2.44 bits per heavy atom. The summed E-state index contributed by atoms with van der Waals surface area (Å²) in [4.78, 5) is 19.7. The molecular weight excluding hydrogens is 140 g/mol. The molecule has 0 aromatic heterocycles. The molecule has 0 bridgehead atoms. The van der Waals surface area contributed by atoms with Crippen LogP contribution in [0, 0.1) is 4.91 Å². The van der Waals surface area contributed by atoms with Crippen molar-refractivity contribution >= 4 is 17.9 Å². The van der Waals surface area contributed by atoms with Gasteiger partial charge in [-0.25, -0.2) is 0 Å². The first-order chi connectivity index (χ1) is 4.16. The molecule has 0 saturated carbocycles. The van der Waals surface area contributed by atoms with E-state index in [9.17, 15) is 9.70 Å². The number of nitrogens with zero attached hydrogens (tertiary/aromatic N) is 1. The number of hydrogen-bond donors (Lipinski definition) is 1. The third-order valence-electron chi connectivity index (χ3n) is 0.712. The summed E-state index contributed by atoms with van der Waals surface area (Å²) in [5, 5.41) is -0.0972. The Hall–Kier alpha value is -0.580. The molecule has 0 heterocycles. The van der Waals surface area contributed by atoms with Crippen LogP contribution in [0.4, 0.5) is 0 Å². The van der Waals surface area contributed by atoms with Crippen LogP contribution in [-0.4, -0.2) is 11.2 Å². The van der Waals surface area contributed by atoms with E-state index in [0.717, 1.165) is 11.9 Å². The first-order valence-electron chi connectivity index (χ1n) is 2.43. The Kier molecular flexibility index (Phi) is 4.04. The lowest BCUT2D eigenvalue weighted by Gasteiger charge is -1.98. The molecule has 52 valence electrons. The summed E-state index contributed by atoms with van der Waals surface area (Å²) in [6, 6.07) is 0. The van der Waals surface area contributed by atoms with Gasteiger partial charge in [0.05, 0.1) is 0 Å². The maximum Gasteiger partial charge on any atom is 0.218 e. The molecule has 9 heavy (non-hydrogen) atoms. The van der Waals surface area contributed by atoms with E-state index in [1.165, 1.54) is 0 Å². The Morgan fingerprint density at radius 1 is 1.89 bits per heavy atom. The quantitative estimate of drug-likeness (QED) is 0.470. The lowest BCUT2D eigenvalue weighted by molar-refractivity contribution is -0.117. The molecular formula is C4H8N2O2S. The van der Waals surface area contributed by atoms with Gasteiger partial charge in [-0.15, -0.1) is 4.91 Å². The van der Waals surface area contributed by atoms with Crippen molar-refractivity contribution in [1.82, 2.24) is 0 Å². The van der Waals surface area contributed by atoms with E-state index in [4.69, 9.17) is 5.73 Å². The van der Waals surface area contributed by atoms with Crippen molar-refractivity contribution in [1.29, 1.82) is 0 Å². The van der Waals surface area contributed by atoms with Crippen LogP contribution in [0.3, 0.4) is 0 Å². The van der Waals surface area contributed by atoms with Crippen LogP contribution in [0.25, 0.3) is 0 Å². The van der Waals surface area contributed by atoms with Crippen LogP contribution in [0.1, 0.15) is 13.3 Å². The van der Waals surface area contributed by atoms with Gasteiger partial charge < -0.3 is 5.73 Å². The highest BCUT2D eigenvalue weighted by atomic mass is 32.2. The van der Waals surface area contributed by atoms with Crippen molar-refractivity contribution in [3.8, 4) is 0 Å². The summed E-state index contributed by atoms with van der Waals surface area (Å²) >= 11 is 0.828. The predicted octanol–water partition coefficient (Wildman–Crippen LogP) is 0.665. The minimum absolute atomic E-state index is 0.0972. The average Bonchev–Trinajstić information content (AvgIpc) is 1.63. The van der Waals surface area contributed by atoms with Gasteiger partial charge in [0.15, 0.2) is 0 Å². The molecule has 5 heteroatoms. The van der Waals surface area contributed by atoms with Crippen LogP contribution in [0.15, 0.2) is 4.58 Å². The number of nitroso groups, excluding NO2 is 1. The number of rotatable bonds is 4. The Bertz CT molecular complexity index is 117. The van der Waals surface area contributed by atoms with Crippen LogP contribution >= 0.6 is 11.9 Å². The second kappa shape index (κ2) is 4.31. The second-order valence-electron chi connectivity index (χ2n) is 1.66. The fourth-order valence-corrected chi connectivity index (χ4v) is 0.780. The highest BCUT2D eigenvalue weighted by Gasteiger charge is 2.05. The number of carbonyl (C=O) groups excluding carboxylic acids is 1. The Balaban J connectivity index is 3.37. The molecule has 0 spiro atoms. The summed E-state index contributed by atoms with van der Waals surface area (Å²) in [7, 11) is 0. The second-order valence-corrected chi connectivity index (χ2v) is 2.83. The highest BCUT2D eigenvalue weighted by Crippen LogP contribution is 2.13. The van der Waals surface area contributed by atoms with E-state index in [0.29, 0.717) is 0 Å². The SMILES string of the molecule is CC(CC(N)=O)SN=O. The number of hydrogen-bond acceptors (Lipinski definition) is 4. The average molecular weight is 148 g/mol. The minimum atomic E-state index is -0.404. The lowest BCUT2D eigenvalue weighted by atomic mass is 10.3. The van der Waals surface area contributed by atoms with E-state index in [1.54, 1.807) is 6.92 Å². The van der Waals surface area contributed by atoms with Gasteiger partial charge in [0.25, 0.3) is 0 Å². The molecule has 0 radical (unpaired) electrons. The lowest BCUT2D eigenvalue weighted by Crippen LogP contribution is -2.15. The molecule has 0 fully saturated rings. The third kappa shape index (κ3) is 5.29. The molecule has 1 amide bonds. The fourth-order valence-electron chi connectivity index (χ4n) is 0.394. The van der Waals surface area contributed by atoms with Gasteiger partial charge in [0.2, 0.25) is 5.91 Å².